The van der Waals surface area contributed by atoms with E-state index in [2.05, 4.69) is 0 Å². The quantitative estimate of drug-likeness (QED) is 0.552. The highest BCUT2D eigenvalue weighted by Gasteiger charge is 2.27. The molecule has 1 aliphatic rings. The SMILES string of the molecule is O=C1/C(=C/c2cccc(F)c2)Oc2cc(OC/C=C/c3ccccc3)ccc21. The predicted octanol–water partition coefficient (Wildman–Crippen LogP) is 5.53. The first kappa shape index (κ1) is 17.7. The summed E-state index contributed by atoms with van der Waals surface area (Å²) in [5, 5.41) is 0. The average Bonchev–Trinajstić information content (AvgIpc) is 3.01. The summed E-state index contributed by atoms with van der Waals surface area (Å²) in [5.41, 5.74) is 2.13. The number of halogens is 1. The van der Waals surface area contributed by atoms with Crippen molar-refractivity contribution in [3.63, 3.8) is 0 Å². The van der Waals surface area contributed by atoms with Gasteiger partial charge < -0.3 is 9.47 Å². The molecule has 0 amide bonds. The van der Waals surface area contributed by atoms with Gasteiger partial charge in [-0.3, -0.25) is 4.79 Å². The summed E-state index contributed by atoms with van der Waals surface area (Å²) >= 11 is 0. The number of allylic oxidation sites excluding steroid dienone is 1. The van der Waals surface area contributed by atoms with Gasteiger partial charge in [-0.2, -0.15) is 0 Å². The highest BCUT2D eigenvalue weighted by Crippen LogP contribution is 2.34. The van der Waals surface area contributed by atoms with E-state index < -0.39 is 0 Å². The van der Waals surface area contributed by atoms with Crippen molar-refractivity contribution in [1.82, 2.24) is 0 Å². The van der Waals surface area contributed by atoms with Crippen LogP contribution in [0.15, 0.2) is 84.6 Å². The molecule has 1 aliphatic heterocycles. The van der Waals surface area contributed by atoms with Gasteiger partial charge in [0.15, 0.2) is 5.76 Å². The number of hydrogen-bond donors (Lipinski definition) is 0. The summed E-state index contributed by atoms with van der Waals surface area (Å²) in [6.45, 7) is 0.396. The molecule has 0 aromatic heterocycles. The topological polar surface area (TPSA) is 35.5 Å². The van der Waals surface area contributed by atoms with Crippen LogP contribution >= 0.6 is 0 Å². The minimum atomic E-state index is -0.364. The van der Waals surface area contributed by atoms with Gasteiger partial charge in [-0.15, -0.1) is 0 Å². The zero-order chi connectivity index (χ0) is 19.3. The van der Waals surface area contributed by atoms with Gasteiger partial charge >= 0.3 is 0 Å². The first-order chi connectivity index (χ1) is 13.7. The lowest BCUT2D eigenvalue weighted by Gasteiger charge is -2.04. The Labute approximate surface area is 162 Å². The van der Waals surface area contributed by atoms with Crippen LogP contribution in [0.25, 0.3) is 12.2 Å². The standard InChI is InChI=1S/C24H17FO3/c25-19-10-4-8-18(14-19)15-23-24(26)21-12-11-20(16-22(21)28-23)27-13-5-9-17-6-2-1-3-7-17/h1-12,14-16H,13H2/b9-5+,23-15-. The van der Waals surface area contributed by atoms with Crippen molar-refractivity contribution in [2.24, 2.45) is 0 Å². The van der Waals surface area contributed by atoms with Crippen molar-refractivity contribution < 1.29 is 18.7 Å². The first-order valence-electron chi connectivity index (χ1n) is 8.87. The lowest BCUT2D eigenvalue weighted by Crippen LogP contribution is -1.98. The predicted molar refractivity (Wildman–Crippen MR) is 107 cm³/mol. The molecule has 0 saturated heterocycles. The highest BCUT2D eigenvalue weighted by molar-refractivity contribution is 6.14. The van der Waals surface area contributed by atoms with E-state index in [0.29, 0.717) is 29.2 Å². The van der Waals surface area contributed by atoms with Crippen molar-refractivity contribution in [1.29, 1.82) is 0 Å². The molecule has 0 radical (unpaired) electrons. The van der Waals surface area contributed by atoms with Crippen LogP contribution in [0.5, 0.6) is 11.5 Å². The summed E-state index contributed by atoms with van der Waals surface area (Å²) in [5.74, 6) is 0.626. The fourth-order valence-corrected chi connectivity index (χ4v) is 2.90. The monoisotopic (exact) mass is 372 g/mol. The third-order valence-corrected chi connectivity index (χ3v) is 4.24. The van der Waals surface area contributed by atoms with Gasteiger partial charge in [0.2, 0.25) is 5.78 Å². The number of ether oxygens (including phenoxy) is 2. The van der Waals surface area contributed by atoms with Crippen molar-refractivity contribution in [2.75, 3.05) is 6.61 Å². The van der Waals surface area contributed by atoms with Gasteiger partial charge in [-0.25, -0.2) is 4.39 Å². The van der Waals surface area contributed by atoms with E-state index in [-0.39, 0.29) is 17.4 Å². The molecule has 3 nitrogen and oxygen atoms in total. The lowest BCUT2D eigenvalue weighted by atomic mass is 10.1. The third kappa shape index (κ3) is 4.01. The second-order valence-electron chi connectivity index (χ2n) is 6.28. The van der Waals surface area contributed by atoms with Crippen molar-refractivity contribution in [3.05, 3.63) is 107 Å². The van der Waals surface area contributed by atoms with Crippen molar-refractivity contribution in [3.8, 4) is 11.5 Å². The van der Waals surface area contributed by atoms with E-state index in [9.17, 15) is 9.18 Å². The van der Waals surface area contributed by atoms with Crippen LogP contribution in [-0.2, 0) is 0 Å². The maximum absolute atomic E-state index is 13.3. The van der Waals surface area contributed by atoms with Crippen LogP contribution in [0.1, 0.15) is 21.5 Å². The second-order valence-corrected chi connectivity index (χ2v) is 6.28. The van der Waals surface area contributed by atoms with Gasteiger partial charge in [0.05, 0.1) is 5.56 Å². The van der Waals surface area contributed by atoms with Crippen LogP contribution in [0.4, 0.5) is 4.39 Å². The summed E-state index contributed by atoms with van der Waals surface area (Å²) in [4.78, 5) is 12.5. The molecule has 0 spiro atoms. The Morgan fingerprint density at radius 3 is 2.57 bits per heavy atom. The van der Waals surface area contributed by atoms with Crippen LogP contribution in [0.2, 0.25) is 0 Å². The Kier molecular flexibility index (Phi) is 5.02. The van der Waals surface area contributed by atoms with Crippen molar-refractivity contribution in [2.45, 2.75) is 0 Å². The van der Waals surface area contributed by atoms with Crippen LogP contribution < -0.4 is 9.47 Å². The van der Waals surface area contributed by atoms with Crippen LogP contribution in [0, 0.1) is 5.82 Å². The fourth-order valence-electron chi connectivity index (χ4n) is 2.90. The molecule has 1 heterocycles. The molecule has 3 aromatic carbocycles. The zero-order valence-electron chi connectivity index (χ0n) is 15.0. The second kappa shape index (κ2) is 7.92. The normalized spacial score (nSPS) is 14.3. The molecule has 0 aliphatic carbocycles. The van der Waals surface area contributed by atoms with Gasteiger partial charge in [-0.05, 0) is 47.5 Å². The van der Waals surface area contributed by atoms with E-state index in [4.69, 9.17) is 9.47 Å². The Bertz CT molecular complexity index is 1070. The molecule has 0 saturated carbocycles. The summed E-state index contributed by atoms with van der Waals surface area (Å²) in [6, 6.07) is 21.1. The number of fused-ring (bicyclic) bond motifs is 1. The lowest BCUT2D eigenvalue weighted by molar-refractivity contribution is 0.101. The minimum Gasteiger partial charge on any atom is -0.489 e. The Morgan fingerprint density at radius 2 is 1.75 bits per heavy atom. The molecular formula is C24H17FO3. The summed E-state index contributed by atoms with van der Waals surface area (Å²) < 4.78 is 24.7. The first-order valence-corrected chi connectivity index (χ1v) is 8.87. The van der Waals surface area contributed by atoms with E-state index in [1.807, 2.05) is 42.5 Å². The molecule has 138 valence electrons. The molecule has 0 fully saturated rings. The Morgan fingerprint density at radius 1 is 0.929 bits per heavy atom. The molecular weight excluding hydrogens is 355 g/mol. The maximum Gasteiger partial charge on any atom is 0.231 e. The number of Topliss-reactive ketones (excluding diaryl/α,β-unsaturated/α-hetero) is 1. The molecule has 0 atom stereocenters. The van der Waals surface area contributed by atoms with Crippen LogP contribution in [0.3, 0.4) is 0 Å². The van der Waals surface area contributed by atoms with Crippen molar-refractivity contribution >= 4 is 17.9 Å². The van der Waals surface area contributed by atoms with E-state index in [1.165, 1.54) is 18.2 Å². The molecule has 3 aromatic rings. The smallest absolute Gasteiger partial charge is 0.231 e. The maximum atomic E-state index is 13.3. The number of rotatable bonds is 5. The number of carbonyl (C=O) groups is 1. The van der Waals surface area contributed by atoms with Gasteiger partial charge in [0.1, 0.15) is 23.9 Å². The molecule has 0 unspecified atom stereocenters. The summed E-state index contributed by atoms with van der Waals surface area (Å²) in [7, 11) is 0. The third-order valence-electron chi connectivity index (χ3n) is 4.24. The Balaban J connectivity index is 1.44. The van der Waals surface area contributed by atoms with Gasteiger partial charge in [0.25, 0.3) is 0 Å². The number of hydrogen-bond acceptors (Lipinski definition) is 3. The number of benzene rings is 3. The highest BCUT2D eigenvalue weighted by atomic mass is 19.1. The Hall–Kier alpha value is -3.66. The fraction of sp³-hybridized carbons (Fsp3) is 0.0417. The molecule has 4 heteroatoms. The van der Waals surface area contributed by atoms with E-state index in [1.54, 1.807) is 30.3 Å². The van der Waals surface area contributed by atoms with Gasteiger partial charge in [-0.1, -0.05) is 48.5 Å². The molecule has 0 N–H and O–H groups in total. The van der Waals surface area contributed by atoms with Crippen LogP contribution in [-0.4, -0.2) is 12.4 Å². The van der Waals surface area contributed by atoms with E-state index in [0.717, 1.165) is 5.56 Å². The zero-order valence-corrected chi connectivity index (χ0v) is 15.0. The number of carbonyl (C=O) groups excluding carboxylic acids is 1. The number of ketones is 1. The largest absolute Gasteiger partial charge is 0.489 e. The summed E-state index contributed by atoms with van der Waals surface area (Å²) in [6.07, 6.45) is 5.44. The van der Waals surface area contributed by atoms with E-state index >= 15 is 0 Å². The molecule has 28 heavy (non-hydrogen) atoms. The minimum absolute atomic E-state index is 0.168. The average molecular weight is 372 g/mol. The molecule has 4 rings (SSSR count). The van der Waals surface area contributed by atoms with Gasteiger partial charge in [0, 0.05) is 6.07 Å². The molecule has 0 bridgehead atoms.